The van der Waals surface area contributed by atoms with Crippen LogP contribution < -0.4 is 16.4 Å². The van der Waals surface area contributed by atoms with E-state index in [1.165, 1.54) is 20.8 Å². The highest BCUT2D eigenvalue weighted by atomic mass is 16.4. The predicted molar refractivity (Wildman–Crippen MR) is 68.5 cm³/mol. The standard InChI is InChI=1S/C11H21N3O6/c1-4(12)9(17)13-7(5(2)15)10(18)14-8(6(3)16)11(19)20/h4-8,15-16H,12H2,1-3H3,(H,13,17)(H,14,18)(H,19,20)/t4-,5+,6+,7-,8-/m0/s1. The normalized spacial score (nSPS) is 18.3. The number of carbonyl (C=O) groups excluding carboxylic acids is 2. The number of carboxylic acids is 1. The highest BCUT2D eigenvalue weighted by molar-refractivity contribution is 5.92. The minimum atomic E-state index is -1.55. The number of aliphatic hydroxyl groups is 2. The summed E-state index contributed by atoms with van der Waals surface area (Å²) in [5.41, 5.74) is 5.32. The van der Waals surface area contributed by atoms with Gasteiger partial charge >= 0.3 is 5.97 Å². The summed E-state index contributed by atoms with van der Waals surface area (Å²) in [5, 5.41) is 31.8. The molecule has 0 unspecified atom stereocenters. The molecule has 0 aromatic heterocycles. The van der Waals surface area contributed by atoms with Crippen molar-refractivity contribution >= 4 is 17.8 Å². The summed E-state index contributed by atoms with van der Waals surface area (Å²) in [5.74, 6) is -3.03. The van der Waals surface area contributed by atoms with E-state index < -0.39 is 48.1 Å². The van der Waals surface area contributed by atoms with Gasteiger partial charge in [-0.25, -0.2) is 4.79 Å². The van der Waals surface area contributed by atoms with E-state index in [9.17, 15) is 24.6 Å². The molecule has 5 atom stereocenters. The summed E-state index contributed by atoms with van der Waals surface area (Å²) in [4.78, 5) is 34.1. The number of aliphatic carboxylic acids is 1. The van der Waals surface area contributed by atoms with Crippen LogP contribution in [0.5, 0.6) is 0 Å². The summed E-state index contributed by atoms with van der Waals surface area (Å²) in [6, 6.07) is -3.80. The van der Waals surface area contributed by atoms with E-state index in [0.29, 0.717) is 0 Å². The number of hydrogen-bond acceptors (Lipinski definition) is 6. The zero-order chi connectivity index (χ0) is 16.0. The number of hydrogen-bond donors (Lipinski definition) is 6. The van der Waals surface area contributed by atoms with Crippen LogP contribution in [-0.2, 0) is 14.4 Å². The maximum Gasteiger partial charge on any atom is 0.328 e. The molecule has 20 heavy (non-hydrogen) atoms. The molecule has 0 aliphatic rings. The number of carboxylic acid groups (broad SMARTS) is 1. The first kappa shape index (κ1) is 18.3. The molecule has 0 fully saturated rings. The summed E-state index contributed by atoms with van der Waals surface area (Å²) in [6.07, 6.45) is -2.60. The van der Waals surface area contributed by atoms with Crippen molar-refractivity contribution < 1.29 is 29.7 Å². The average Bonchev–Trinajstić information content (AvgIpc) is 2.30. The zero-order valence-corrected chi connectivity index (χ0v) is 11.5. The fraction of sp³-hybridized carbons (Fsp3) is 0.727. The van der Waals surface area contributed by atoms with Gasteiger partial charge in [0.05, 0.1) is 18.2 Å². The molecular formula is C11H21N3O6. The molecule has 0 radical (unpaired) electrons. The fourth-order valence-corrected chi connectivity index (χ4v) is 1.32. The Bertz CT molecular complexity index is 369. The first-order valence-corrected chi connectivity index (χ1v) is 6.03. The van der Waals surface area contributed by atoms with Gasteiger partial charge in [-0.2, -0.15) is 0 Å². The van der Waals surface area contributed by atoms with Crippen LogP contribution in [0.25, 0.3) is 0 Å². The number of rotatable bonds is 7. The van der Waals surface area contributed by atoms with Gasteiger partial charge in [0.2, 0.25) is 11.8 Å². The van der Waals surface area contributed by atoms with Gasteiger partial charge in [-0.05, 0) is 20.8 Å². The van der Waals surface area contributed by atoms with Crippen molar-refractivity contribution in [3.63, 3.8) is 0 Å². The van der Waals surface area contributed by atoms with Crippen molar-refractivity contribution in [3.8, 4) is 0 Å². The van der Waals surface area contributed by atoms with Crippen molar-refractivity contribution in [3.05, 3.63) is 0 Å². The van der Waals surface area contributed by atoms with Crippen LogP contribution in [0, 0.1) is 0 Å². The monoisotopic (exact) mass is 291 g/mol. The van der Waals surface area contributed by atoms with E-state index in [0.717, 1.165) is 0 Å². The van der Waals surface area contributed by atoms with Crippen LogP contribution in [0.4, 0.5) is 0 Å². The Morgan fingerprint density at radius 1 is 0.900 bits per heavy atom. The molecule has 0 aliphatic carbocycles. The van der Waals surface area contributed by atoms with Gasteiger partial charge in [0, 0.05) is 0 Å². The third-order valence-corrected chi connectivity index (χ3v) is 2.52. The van der Waals surface area contributed by atoms with E-state index in [2.05, 4.69) is 5.32 Å². The summed E-state index contributed by atoms with van der Waals surface area (Å²) >= 11 is 0. The van der Waals surface area contributed by atoms with Crippen LogP contribution in [0.15, 0.2) is 0 Å². The van der Waals surface area contributed by atoms with Crippen LogP contribution in [0.3, 0.4) is 0 Å². The Balaban J connectivity index is 4.89. The van der Waals surface area contributed by atoms with E-state index in [-0.39, 0.29) is 0 Å². The third kappa shape index (κ3) is 5.51. The number of nitrogens with one attached hydrogen (secondary N) is 2. The van der Waals surface area contributed by atoms with Crippen molar-refractivity contribution in [2.45, 2.75) is 51.1 Å². The smallest absolute Gasteiger partial charge is 0.328 e. The number of aliphatic hydroxyl groups excluding tert-OH is 2. The Labute approximate surface area is 116 Å². The second-order valence-corrected chi connectivity index (χ2v) is 4.58. The summed E-state index contributed by atoms with van der Waals surface area (Å²) < 4.78 is 0. The van der Waals surface area contributed by atoms with Crippen molar-refractivity contribution in [2.24, 2.45) is 5.73 Å². The SMILES string of the molecule is C[C@H](N)C(=O)N[C@H](C(=O)N[C@H](C(=O)O)[C@@H](C)O)[C@@H](C)O. The van der Waals surface area contributed by atoms with Gasteiger partial charge in [-0.15, -0.1) is 0 Å². The van der Waals surface area contributed by atoms with Gasteiger partial charge in [0.15, 0.2) is 6.04 Å². The van der Waals surface area contributed by atoms with Gasteiger partial charge in [0.1, 0.15) is 6.04 Å². The maximum absolute atomic E-state index is 11.9. The molecule has 0 aromatic rings. The lowest BCUT2D eigenvalue weighted by Gasteiger charge is -2.24. The average molecular weight is 291 g/mol. The molecule has 2 amide bonds. The molecule has 0 saturated heterocycles. The van der Waals surface area contributed by atoms with Crippen LogP contribution in [0.2, 0.25) is 0 Å². The number of nitrogens with two attached hydrogens (primary N) is 1. The van der Waals surface area contributed by atoms with Crippen LogP contribution >= 0.6 is 0 Å². The minimum Gasteiger partial charge on any atom is -0.480 e. The molecule has 0 bridgehead atoms. The quantitative estimate of drug-likeness (QED) is 0.294. The fourth-order valence-electron chi connectivity index (χ4n) is 1.32. The van der Waals surface area contributed by atoms with E-state index in [1.54, 1.807) is 0 Å². The lowest BCUT2D eigenvalue weighted by Crippen LogP contribution is -2.59. The first-order chi connectivity index (χ1) is 9.07. The number of amides is 2. The zero-order valence-electron chi connectivity index (χ0n) is 11.5. The molecule has 0 heterocycles. The van der Waals surface area contributed by atoms with Gasteiger partial charge in [-0.3, -0.25) is 9.59 Å². The molecule has 7 N–H and O–H groups in total. The first-order valence-electron chi connectivity index (χ1n) is 6.03. The maximum atomic E-state index is 11.9. The summed E-state index contributed by atoms with van der Waals surface area (Å²) in [7, 11) is 0. The second kappa shape index (κ2) is 7.78. The van der Waals surface area contributed by atoms with Gasteiger partial charge in [-0.1, -0.05) is 0 Å². The second-order valence-electron chi connectivity index (χ2n) is 4.58. The number of carbonyl (C=O) groups is 3. The van der Waals surface area contributed by atoms with Crippen LogP contribution in [0.1, 0.15) is 20.8 Å². The van der Waals surface area contributed by atoms with Crippen molar-refractivity contribution in [1.82, 2.24) is 10.6 Å². The Hall–Kier alpha value is -1.71. The molecule has 0 rings (SSSR count). The third-order valence-electron chi connectivity index (χ3n) is 2.52. The molecule has 116 valence electrons. The lowest BCUT2D eigenvalue weighted by atomic mass is 10.1. The van der Waals surface area contributed by atoms with E-state index >= 15 is 0 Å². The van der Waals surface area contributed by atoms with Crippen LogP contribution in [-0.4, -0.2) is 63.4 Å². The molecule has 0 aliphatic heterocycles. The van der Waals surface area contributed by atoms with Crippen molar-refractivity contribution in [2.75, 3.05) is 0 Å². The minimum absolute atomic E-state index is 0.671. The largest absolute Gasteiger partial charge is 0.480 e. The predicted octanol–water partition coefficient (Wildman–Crippen LogP) is -2.85. The highest BCUT2D eigenvalue weighted by Gasteiger charge is 2.32. The Morgan fingerprint density at radius 2 is 1.30 bits per heavy atom. The highest BCUT2D eigenvalue weighted by Crippen LogP contribution is 1.99. The summed E-state index contributed by atoms with van der Waals surface area (Å²) in [6.45, 7) is 3.84. The van der Waals surface area contributed by atoms with E-state index in [1.807, 2.05) is 5.32 Å². The topological polar surface area (TPSA) is 162 Å². The molecule has 0 spiro atoms. The Morgan fingerprint density at radius 3 is 1.60 bits per heavy atom. The van der Waals surface area contributed by atoms with Gasteiger partial charge < -0.3 is 31.7 Å². The molecule has 0 aromatic carbocycles. The van der Waals surface area contributed by atoms with Crippen molar-refractivity contribution in [1.29, 1.82) is 0 Å². The lowest BCUT2D eigenvalue weighted by molar-refractivity contribution is -0.145. The molecular weight excluding hydrogens is 270 g/mol. The molecule has 9 heteroatoms. The molecule has 9 nitrogen and oxygen atoms in total. The Kier molecular flexibility index (Phi) is 7.11. The van der Waals surface area contributed by atoms with E-state index in [4.69, 9.17) is 10.8 Å². The van der Waals surface area contributed by atoms with Gasteiger partial charge in [0.25, 0.3) is 0 Å². The molecule has 0 saturated carbocycles.